The lowest BCUT2D eigenvalue weighted by Crippen LogP contribution is -2.49. The predicted octanol–water partition coefficient (Wildman–Crippen LogP) is 2.33. The third-order valence-electron chi connectivity index (χ3n) is 4.11. The lowest BCUT2D eigenvalue weighted by atomic mass is 10.1. The molecule has 0 bridgehead atoms. The van der Waals surface area contributed by atoms with E-state index in [4.69, 9.17) is 11.6 Å². The maximum atomic E-state index is 9.86. The average molecular weight is 267 g/mol. The highest BCUT2D eigenvalue weighted by atomic mass is 35.5. The van der Waals surface area contributed by atoms with E-state index in [2.05, 4.69) is 9.80 Å². The lowest BCUT2D eigenvalue weighted by molar-refractivity contribution is 0.0988. The number of halogens is 1. The van der Waals surface area contributed by atoms with Crippen LogP contribution in [0.15, 0.2) is 18.2 Å². The molecular formula is C14H19ClN2O. The van der Waals surface area contributed by atoms with Gasteiger partial charge in [0.05, 0.1) is 0 Å². The fraction of sp³-hybridized carbons (Fsp3) is 0.571. The molecule has 0 spiro atoms. The van der Waals surface area contributed by atoms with Crippen LogP contribution >= 0.6 is 11.6 Å². The molecule has 0 aromatic heterocycles. The van der Waals surface area contributed by atoms with Crippen molar-refractivity contribution in [2.45, 2.75) is 25.4 Å². The molecular weight excluding hydrogens is 248 g/mol. The molecule has 0 saturated carbocycles. The highest BCUT2D eigenvalue weighted by Crippen LogP contribution is 2.26. The summed E-state index contributed by atoms with van der Waals surface area (Å²) in [5, 5.41) is 10.6. The van der Waals surface area contributed by atoms with Crippen LogP contribution in [0.5, 0.6) is 5.75 Å². The second kappa shape index (κ2) is 5.08. The van der Waals surface area contributed by atoms with Crippen LogP contribution in [0, 0.1) is 0 Å². The molecule has 2 fully saturated rings. The van der Waals surface area contributed by atoms with Crippen LogP contribution in [0.25, 0.3) is 0 Å². The molecule has 3 nitrogen and oxygen atoms in total. The van der Waals surface area contributed by atoms with Crippen molar-refractivity contribution in [3.05, 3.63) is 28.8 Å². The fourth-order valence-electron chi connectivity index (χ4n) is 3.12. The second-order valence-corrected chi connectivity index (χ2v) is 5.78. The zero-order valence-corrected chi connectivity index (χ0v) is 11.2. The molecule has 1 aromatic rings. The van der Waals surface area contributed by atoms with Gasteiger partial charge in [0.1, 0.15) is 5.75 Å². The molecule has 1 unspecified atom stereocenters. The molecule has 2 aliphatic heterocycles. The first kappa shape index (κ1) is 12.3. The standard InChI is InChI=1S/C14H19ClN2O/c15-12-3-4-14(18)11(8-12)9-16-6-7-17-5-1-2-13(17)10-16/h3-4,8,13,18H,1-2,5-7,9-10H2. The van der Waals surface area contributed by atoms with E-state index >= 15 is 0 Å². The van der Waals surface area contributed by atoms with Gasteiger partial charge in [0, 0.05) is 42.8 Å². The molecule has 4 heteroatoms. The number of nitrogens with zero attached hydrogens (tertiary/aromatic N) is 2. The van der Waals surface area contributed by atoms with Crippen LogP contribution in [0.3, 0.4) is 0 Å². The number of benzene rings is 1. The Labute approximate surface area is 113 Å². The van der Waals surface area contributed by atoms with Gasteiger partial charge in [0.15, 0.2) is 0 Å². The Balaban J connectivity index is 1.67. The third kappa shape index (κ3) is 2.48. The number of hydrogen-bond acceptors (Lipinski definition) is 3. The van der Waals surface area contributed by atoms with E-state index in [0.29, 0.717) is 10.8 Å². The van der Waals surface area contributed by atoms with Crippen molar-refractivity contribution in [1.29, 1.82) is 0 Å². The van der Waals surface area contributed by atoms with E-state index in [0.717, 1.165) is 37.8 Å². The molecule has 0 radical (unpaired) electrons. The zero-order chi connectivity index (χ0) is 12.5. The highest BCUT2D eigenvalue weighted by Gasteiger charge is 2.30. The summed E-state index contributed by atoms with van der Waals surface area (Å²) in [4.78, 5) is 5.02. The Morgan fingerprint density at radius 1 is 1.28 bits per heavy atom. The predicted molar refractivity (Wildman–Crippen MR) is 73.0 cm³/mol. The van der Waals surface area contributed by atoms with E-state index in [1.807, 2.05) is 6.07 Å². The number of fused-ring (bicyclic) bond motifs is 1. The molecule has 1 N–H and O–H groups in total. The summed E-state index contributed by atoms with van der Waals surface area (Å²) in [5.41, 5.74) is 0.939. The van der Waals surface area contributed by atoms with Gasteiger partial charge in [-0.2, -0.15) is 0 Å². The number of piperazine rings is 1. The number of phenols is 1. The molecule has 0 amide bonds. The van der Waals surface area contributed by atoms with E-state index in [9.17, 15) is 5.11 Å². The van der Waals surface area contributed by atoms with Gasteiger partial charge in [-0.05, 0) is 37.6 Å². The minimum atomic E-state index is 0.355. The summed E-state index contributed by atoms with van der Waals surface area (Å²) in [6.45, 7) is 5.43. The lowest BCUT2D eigenvalue weighted by Gasteiger charge is -2.37. The van der Waals surface area contributed by atoms with Gasteiger partial charge in [0.2, 0.25) is 0 Å². The smallest absolute Gasteiger partial charge is 0.120 e. The summed E-state index contributed by atoms with van der Waals surface area (Å²) < 4.78 is 0. The Morgan fingerprint density at radius 3 is 3.06 bits per heavy atom. The fourth-order valence-corrected chi connectivity index (χ4v) is 3.32. The van der Waals surface area contributed by atoms with Crippen molar-refractivity contribution < 1.29 is 5.11 Å². The van der Waals surface area contributed by atoms with Crippen LogP contribution in [0.4, 0.5) is 0 Å². The van der Waals surface area contributed by atoms with Crippen molar-refractivity contribution in [2.24, 2.45) is 0 Å². The third-order valence-corrected chi connectivity index (χ3v) is 4.34. The van der Waals surface area contributed by atoms with Crippen molar-refractivity contribution in [3.8, 4) is 5.75 Å². The Morgan fingerprint density at radius 2 is 2.17 bits per heavy atom. The molecule has 98 valence electrons. The molecule has 0 aliphatic carbocycles. The first-order valence-electron chi connectivity index (χ1n) is 6.66. The molecule has 2 aliphatic rings. The number of phenolic OH excluding ortho intramolecular Hbond substituents is 1. The normalized spacial score (nSPS) is 25.3. The summed E-state index contributed by atoms with van der Waals surface area (Å²) in [6, 6.07) is 6.01. The van der Waals surface area contributed by atoms with Crippen molar-refractivity contribution >= 4 is 11.6 Å². The van der Waals surface area contributed by atoms with E-state index in [-0.39, 0.29) is 0 Å². The second-order valence-electron chi connectivity index (χ2n) is 5.34. The van der Waals surface area contributed by atoms with Gasteiger partial charge in [0.25, 0.3) is 0 Å². The van der Waals surface area contributed by atoms with Crippen LogP contribution in [-0.2, 0) is 6.54 Å². The molecule has 18 heavy (non-hydrogen) atoms. The minimum absolute atomic E-state index is 0.355. The Bertz CT molecular complexity index is 438. The van der Waals surface area contributed by atoms with Crippen LogP contribution in [0.1, 0.15) is 18.4 Å². The maximum Gasteiger partial charge on any atom is 0.120 e. The van der Waals surface area contributed by atoms with Gasteiger partial charge < -0.3 is 5.11 Å². The van der Waals surface area contributed by atoms with Crippen molar-refractivity contribution in [2.75, 3.05) is 26.2 Å². The van der Waals surface area contributed by atoms with Crippen molar-refractivity contribution in [3.63, 3.8) is 0 Å². The molecule has 2 saturated heterocycles. The van der Waals surface area contributed by atoms with Gasteiger partial charge in [-0.15, -0.1) is 0 Å². The van der Waals surface area contributed by atoms with Crippen LogP contribution in [0.2, 0.25) is 5.02 Å². The van der Waals surface area contributed by atoms with Crippen LogP contribution in [-0.4, -0.2) is 47.1 Å². The molecule has 3 rings (SSSR count). The van der Waals surface area contributed by atoms with Gasteiger partial charge >= 0.3 is 0 Å². The monoisotopic (exact) mass is 266 g/mol. The minimum Gasteiger partial charge on any atom is -0.508 e. The highest BCUT2D eigenvalue weighted by molar-refractivity contribution is 6.30. The Kier molecular flexibility index (Phi) is 3.46. The Hall–Kier alpha value is -0.770. The van der Waals surface area contributed by atoms with Gasteiger partial charge in [-0.25, -0.2) is 0 Å². The van der Waals surface area contributed by atoms with E-state index < -0.39 is 0 Å². The number of aromatic hydroxyl groups is 1. The van der Waals surface area contributed by atoms with Gasteiger partial charge in [-0.1, -0.05) is 11.6 Å². The summed E-state index contributed by atoms with van der Waals surface area (Å²) in [6.07, 6.45) is 2.65. The summed E-state index contributed by atoms with van der Waals surface area (Å²) in [7, 11) is 0. The SMILES string of the molecule is Oc1ccc(Cl)cc1CN1CCN2CCCC2C1. The molecule has 1 aromatic carbocycles. The first-order chi connectivity index (χ1) is 8.72. The number of rotatable bonds is 2. The topological polar surface area (TPSA) is 26.7 Å². The van der Waals surface area contributed by atoms with Crippen molar-refractivity contribution in [1.82, 2.24) is 9.80 Å². The van der Waals surface area contributed by atoms with E-state index in [1.165, 1.54) is 19.4 Å². The van der Waals surface area contributed by atoms with Gasteiger partial charge in [-0.3, -0.25) is 9.80 Å². The van der Waals surface area contributed by atoms with Crippen LogP contribution < -0.4 is 0 Å². The zero-order valence-electron chi connectivity index (χ0n) is 10.5. The average Bonchev–Trinajstić information content (AvgIpc) is 2.81. The summed E-state index contributed by atoms with van der Waals surface area (Å²) in [5.74, 6) is 0.355. The maximum absolute atomic E-state index is 9.86. The summed E-state index contributed by atoms with van der Waals surface area (Å²) >= 11 is 5.99. The number of hydrogen-bond donors (Lipinski definition) is 1. The largest absolute Gasteiger partial charge is 0.508 e. The molecule has 2 heterocycles. The van der Waals surface area contributed by atoms with E-state index in [1.54, 1.807) is 12.1 Å². The quantitative estimate of drug-likeness (QED) is 0.890. The molecule has 1 atom stereocenters. The first-order valence-corrected chi connectivity index (χ1v) is 7.04.